The van der Waals surface area contributed by atoms with Crippen LogP contribution in [0.1, 0.15) is 30.9 Å². The van der Waals surface area contributed by atoms with Crippen LogP contribution in [-0.2, 0) is 0 Å². The quantitative estimate of drug-likeness (QED) is 0.733. The maximum absolute atomic E-state index is 8.41. The van der Waals surface area contributed by atoms with Crippen molar-refractivity contribution >= 4 is 5.82 Å². The van der Waals surface area contributed by atoms with E-state index in [0.29, 0.717) is 12.5 Å². The molecule has 1 fully saturated rings. The molecule has 0 aliphatic heterocycles. The Morgan fingerprint density at radius 1 is 1.50 bits per heavy atom. The standard InChI is InChI=1S/C10H12N4/c11-4-5-12-10-6-9(13-7-14-10)8-2-1-3-8/h6-8H,1-3,5H2,(H,12,13,14). The summed E-state index contributed by atoms with van der Waals surface area (Å²) in [7, 11) is 0. The molecule has 1 aromatic heterocycles. The van der Waals surface area contributed by atoms with E-state index in [2.05, 4.69) is 15.3 Å². The van der Waals surface area contributed by atoms with Crippen LogP contribution in [0.5, 0.6) is 0 Å². The van der Waals surface area contributed by atoms with Crippen molar-refractivity contribution in [3.05, 3.63) is 18.1 Å². The van der Waals surface area contributed by atoms with E-state index in [4.69, 9.17) is 5.26 Å². The smallest absolute Gasteiger partial charge is 0.130 e. The minimum atomic E-state index is 0.293. The molecule has 14 heavy (non-hydrogen) atoms. The van der Waals surface area contributed by atoms with E-state index in [1.165, 1.54) is 19.3 Å². The second kappa shape index (κ2) is 4.05. The lowest BCUT2D eigenvalue weighted by Crippen LogP contribution is -2.11. The summed E-state index contributed by atoms with van der Waals surface area (Å²) in [6.45, 7) is 0.293. The summed E-state index contributed by atoms with van der Waals surface area (Å²) >= 11 is 0. The Balaban J connectivity index is 2.06. The van der Waals surface area contributed by atoms with Gasteiger partial charge in [0.05, 0.1) is 6.07 Å². The zero-order valence-electron chi connectivity index (χ0n) is 7.90. The first-order chi connectivity index (χ1) is 6.90. The highest BCUT2D eigenvalue weighted by Crippen LogP contribution is 2.35. The van der Waals surface area contributed by atoms with Crippen LogP contribution >= 0.6 is 0 Å². The molecule has 0 aromatic carbocycles. The molecule has 1 aromatic rings. The van der Waals surface area contributed by atoms with Crippen LogP contribution in [0.2, 0.25) is 0 Å². The van der Waals surface area contributed by atoms with E-state index in [0.717, 1.165) is 11.5 Å². The van der Waals surface area contributed by atoms with Gasteiger partial charge in [-0.25, -0.2) is 9.97 Å². The number of hydrogen-bond donors (Lipinski definition) is 1. The number of nitriles is 1. The van der Waals surface area contributed by atoms with Crippen LogP contribution in [0.3, 0.4) is 0 Å². The summed E-state index contributed by atoms with van der Waals surface area (Å²) in [6.07, 6.45) is 5.33. The fraction of sp³-hybridized carbons (Fsp3) is 0.500. The van der Waals surface area contributed by atoms with Gasteiger partial charge >= 0.3 is 0 Å². The molecule has 4 nitrogen and oxygen atoms in total. The van der Waals surface area contributed by atoms with Crippen molar-refractivity contribution in [1.29, 1.82) is 5.26 Å². The fourth-order valence-electron chi connectivity index (χ4n) is 1.53. The molecule has 72 valence electrons. The molecule has 0 spiro atoms. The highest BCUT2D eigenvalue weighted by molar-refractivity contribution is 5.37. The molecule has 1 aliphatic carbocycles. The molecule has 0 bridgehead atoms. The lowest BCUT2D eigenvalue weighted by molar-refractivity contribution is 0.411. The summed E-state index contributed by atoms with van der Waals surface area (Å²) < 4.78 is 0. The molecular formula is C10H12N4. The van der Waals surface area contributed by atoms with Crippen molar-refractivity contribution in [2.24, 2.45) is 0 Å². The minimum Gasteiger partial charge on any atom is -0.357 e. The number of hydrogen-bond acceptors (Lipinski definition) is 4. The minimum absolute atomic E-state index is 0.293. The second-order valence-corrected chi connectivity index (χ2v) is 3.47. The van der Waals surface area contributed by atoms with Crippen molar-refractivity contribution < 1.29 is 0 Å². The summed E-state index contributed by atoms with van der Waals surface area (Å²) in [4.78, 5) is 8.28. The maximum atomic E-state index is 8.41. The second-order valence-electron chi connectivity index (χ2n) is 3.47. The average Bonchev–Trinajstić information content (AvgIpc) is 2.13. The third-order valence-corrected chi connectivity index (χ3v) is 2.56. The van der Waals surface area contributed by atoms with E-state index in [1.807, 2.05) is 12.1 Å². The molecule has 0 unspecified atom stereocenters. The Morgan fingerprint density at radius 2 is 2.36 bits per heavy atom. The maximum Gasteiger partial charge on any atom is 0.130 e. The normalized spacial score (nSPS) is 15.6. The Hall–Kier alpha value is -1.63. The molecule has 2 rings (SSSR count). The van der Waals surface area contributed by atoms with E-state index in [1.54, 1.807) is 6.33 Å². The van der Waals surface area contributed by atoms with Gasteiger partial charge in [-0.3, -0.25) is 0 Å². The van der Waals surface area contributed by atoms with E-state index in [9.17, 15) is 0 Å². The monoisotopic (exact) mass is 188 g/mol. The fourth-order valence-corrected chi connectivity index (χ4v) is 1.53. The topological polar surface area (TPSA) is 61.6 Å². The summed E-state index contributed by atoms with van der Waals surface area (Å²) in [5, 5.41) is 11.3. The first-order valence-corrected chi connectivity index (χ1v) is 4.83. The molecule has 1 heterocycles. The average molecular weight is 188 g/mol. The van der Waals surface area contributed by atoms with Crippen LogP contribution in [0.15, 0.2) is 12.4 Å². The van der Waals surface area contributed by atoms with Gasteiger partial charge in [0.2, 0.25) is 0 Å². The van der Waals surface area contributed by atoms with Gasteiger partial charge in [0, 0.05) is 17.7 Å². The van der Waals surface area contributed by atoms with Crippen LogP contribution in [0.4, 0.5) is 5.82 Å². The van der Waals surface area contributed by atoms with Gasteiger partial charge in [-0.2, -0.15) is 5.26 Å². The van der Waals surface area contributed by atoms with Gasteiger partial charge in [-0.1, -0.05) is 6.42 Å². The van der Waals surface area contributed by atoms with E-state index >= 15 is 0 Å². The summed E-state index contributed by atoms with van der Waals surface area (Å²) in [5.41, 5.74) is 1.10. The third kappa shape index (κ3) is 1.82. The van der Waals surface area contributed by atoms with Crippen molar-refractivity contribution in [3.8, 4) is 6.07 Å². The van der Waals surface area contributed by atoms with Crippen LogP contribution in [-0.4, -0.2) is 16.5 Å². The number of rotatable bonds is 3. The molecule has 0 amide bonds. The van der Waals surface area contributed by atoms with Crippen LogP contribution < -0.4 is 5.32 Å². The summed E-state index contributed by atoms with van der Waals surface area (Å²) in [5.74, 6) is 1.36. The highest BCUT2D eigenvalue weighted by Gasteiger charge is 2.20. The third-order valence-electron chi connectivity index (χ3n) is 2.56. The number of nitrogens with zero attached hydrogens (tertiary/aromatic N) is 3. The Bertz CT molecular complexity index is 351. The molecular weight excluding hydrogens is 176 g/mol. The van der Waals surface area contributed by atoms with Crippen molar-refractivity contribution in [2.75, 3.05) is 11.9 Å². The van der Waals surface area contributed by atoms with Crippen molar-refractivity contribution in [3.63, 3.8) is 0 Å². The lowest BCUT2D eigenvalue weighted by atomic mass is 9.83. The Morgan fingerprint density at radius 3 is 3.00 bits per heavy atom. The molecule has 0 saturated heterocycles. The zero-order valence-corrected chi connectivity index (χ0v) is 7.90. The van der Waals surface area contributed by atoms with Gasteiger partial charge < -0.3 is 5.32 Å². The van der Waals surface area contributed by atoms with Gasteiger partial charge in [0.15, 0.2) is 0 Å². The summed E-state index contributed by atoms with van der Waals surface area (Å²) in [6, 6.07) is 3.97. The molecule has 1 aliphatic rings. The zero-order chi connectivity index (χ0) is 9.80. The predicted molar refractivity (Wildman–Crippen MR) is 52.7 cm³/mol. The number of anilines is 1. The predicted octanol–water partition coefficient (Wildman–Crippen LogP) is 1.68. The number of nitrogens with one attached hydrogen (secondary N) is 1. The highest BCUT2D eigenvalue weighted by atomic mass is 15.0. The van der Waals surface area contributed by atoms with Gasteiger partial charge in [-0.05, 0) is 12.8 Å². The number of aromatic nitrogens is 2. The first-order valence-electron chi connectivity index (χ1n) is 4.83. The molecule has 4 heteroatoms. The van der Waals surface area contributed by atoms with Gasteiger partial charge in [0.1, 0.15) is 18.7 Å². The van der Waals surface area contributed by atoms with Crippen molar-refractivity contribution in [2.45, 2.75) is 25.2 Å². The van der Waals surface area contributed by atoms with Gasteiger partial charge in [0.25, 0.3) is 0 Å². The van der Waals surface area contributed by atoms with Gasteiger partial charge in [-0.15, -0.1) is 0 Å². The molecule has 0 radical (unpaired) electrons. The Kier molecular flexibility index (Phi) is 2.59. The lowest BCUT2D eigenvalue weighted by Gasteiger charge is -2.24. The molecule has 1 N–H and O–H groups in total. The first kappa shape index (κ1) is 8.95. The van der Waals surface area contributed by atoms with Crippen LogP contribution in [0, 0.1) is 11.3 Å². The SMILES string of the molecule is N#CCNc1cc(C2CCC2)ncn1. The van der Waals surface area contributed by atoms with Crippen LogP contribution in [0.25, 0.3) is 0 Å². The molecule has 1 saturated carbocycles. The van der Waals surface area contributed by atoms with Crippen molar-refractivity contribution in [1.82, 2.24) is 9.97 Å². The van der Waals surface area contributed by atoms with E-state index in [-0.39, 0.29) is 0 Å². The molecule has 0 atom stereocenters. The van der Waals surface area contributed by atoms with E-state index < -0.39 is 0 Å². The largest absolute Gasteiger partial charge is 0.357 e. The Labute approximate surface area is 83.0 Å².